The van der Waals surface area contributed by atoms with Gasteiger partial charge in [0.2, 0.25) is 0 Å². The molecule has 3 nitrogen and oxygen atoms in total. The molecule has 1 aromatic carbocycles. The molecule has 0 saturated heterocycles. The smallest absolute Gasteiger partial charge is 0.168 e. The van der Waals surface area contributed by atoms with Gasteiger partial charge in [-0.05, 0) is 91.2 Å². The topological polar surface area (TPSA) is 27.7 Å². The third-order valence-corrected chi connectivity index (χ3v) is 10.6. The summed E-state index contributed by atoms with van der Waals surface area (Å²) < 4.78 is 19.6. The lowest BCUT2D eigenvalue weighted by atomic mass is 9.85. The molecule has 0 fully saturated rings. The minimum absolute atomic E-state index is 0.207. The van der Waals surface area contributed by atoms with Crippen LogP contribution in [0.2, 0.25) is 10.1 Å². The predicted molar refractivity (Wildman–Crippen MR) is 167 cm³/mol. The SMILES string of the molecule is C#CC=C(CC)c1ccc(COc2ccc(C(C)(C)O[SiH2]C(C)(C)C)c(C(C)(C)O[SiH2]C(C)(C)C)c2)s1. The second kappa shape index (κ2) is 12.5. The lowest BCUT2D eigenvalue weighted by molar-refractivity contribution is 0.0826. The standard InChI is InChI=1S/C31H48O3SSi2/c1-13-15-22(14-2)27-19-17-24(35-27)21-32-23-16-18-25(30(9,10)33-36-28(3,4)5)26(20-23)31(11,12)34-37-29(6,7)8/h1,15-20H,14,21,36-37H2,2-12H3. The van der Waals surface area contributed by atoms with Crippen LogP contribution in [0.5, 0.6) is 5.75 Å². The molecule has 0 aliphatic heterocycles. The Kier molecular flexibility index (Phi) is 10.7. The van der Waals surface area contributed by atoms with E-state index in [-0.39, 0.29) is 10.1 Å². The van der Waals surface area contributed by atoms with Gasteiger partial charge in [0.1, 0.15) is 12.4 Å². The van der Waals surface area contributed by atoms with Crippen LogP contribution in [0.4, 0.5) is 0 Å². The number of benzene rings is 1. The van der Waals surface area contributed by atoms with Crippen LogP contribution in [-0.4, -0.2) is 19.5 Å². The first-order valence-electron chi connectivity index (χ1n) is 13.3. The molecule has 0 radical (unpaired) electrons. The maximum atomic E-state index is 6.66. The molecular formula is C31H48O3SSi2. The summed E-state index contributed by atoms with van der Waals surface area (Å²) in [6, 6.07) is 10.7. The Morgan fingerprint density at radius 3 is 1.95 bits per heavy atom. The summed E-state index contributed by atoms with van der Waals surface area (Å²) in [5, 5.41) is 0.428. The lowest BCUT2D eigenvalue weighted by Crippen LogP contribution is -2.34. The van der Waals surface area contributed by atoms with Gasteiger partial charge in [0, 0.05) is 9.75 Å². The van der Waals surface area contributed by atoms with Crippen molar-refractivity contribution in [1.29, 1.82) is 0 Å². The van der Waals surface area contributed by atoms with E-state index in [4.69, 9.17) is 20.0 Å². The van der Waals surface area contributed by atoms with Crippen LogP contribution in [0.3, 0.4) is 0 Å². The second-order valence-electron chi connectivity index (χ2n) is 13.2. The number of thiophene rings is 1. The Labute approximate surface area is 235 Å². The van der Waals surface area contributed by atoms with Gasteiger partial charge >= 0.3 is 0 Å². The molecule has 0 atom stereocenters. The summed E-state index contributed by atoms with van der Waals surface area (Å²) in [7, 11) is -1.50. The first-order chi connectivity index (χ1) is 17.0. The second-order valence-corrected chi connectivity index (χ2v) is 19.7. The van der Waals surface area contributed by atoms with Crippen molar-refractivity contribution in [2.24, 2.45) is 0 Å². The van der Waals surface area contributed by atoms with Gasteiger partial charge in [-0.15, -0.1) is 17.8 Å². The third kappa shape index (κ3) is 9.88. The minimum atomic E-state index is -0.760. The Morgan fingerprint density at radius 1 is 0.865 bits per heavy atom. The van der Waals surface area contributed by atoms with E-state index >= 15 is 0 Å². The monoisotopic (exact) mass is 556 g/mol. The molecule has 2 aromatic rings. The average molecular weight is 557 g/mol. The fourth-order valence-electron chi connectivity index (χ4n) is 3.82. The first kappa shape index (κ1) is 31.6. The molecule has 6 heteroatoms. The van der Waals surface area contributed by atoms with Gasteiger partial charge in [-0.3, -0.25) is 0 Å². The highest BCUT2D eigenvalue weighted by atomic mass is 32.1. The Bertz CT molecular complexity index is 1110. The van der Waals surface area contributed by atoms with Crippen molar-refractivity contribution >= 4 is 36.4 Å². The fraction of sp³-hybridized carbons (Fsp3) is 0.548. The van der Waals surface area contributed by atoms with Crippen LogP contribution < -0.4 is 4.74 Å². The van der Waals surface area contributed by atoms with Crippen LogP contribution in [-0.2, 0) is 26.7 Å². The molecule has 0 N–H and O–H groups in total. The van der Waals surface area contributed by atoms with Gasteiger partial charge in [0.25, 0.3) is 0 Å². The van der Waals surface area contributed by atoms with E-state index in [0.717, 1.165) is 17.7 Å². The molecule has 37 heavy (non-hydrogen) atoms. The number of terminal acetylenes is 1. The molecule has 0 aliphatic rings. The molecule has 0 unspecified atom stereocenters. The molecule has 0 aliphatic carbocycles. The van der Waals surface area contributed by atoms with Gasteiger partial charge in [0.05, 0.1) is 11.2 Å². The van der Waals surface area contributed by atoms with Crippen LogP contribution in [0.25, 0.3) is 5.57 Å². The molecule has 0 spiro atoms. The summed E-state index contributed by atoms with van der Waals surface area (Å²) in [4.78, 5) is 2.38. The molecule has 0 bridgehead atoms. The number of allylic oxidation sites excluding steroid dienone is 2. The maximum absolute atomic E-state index is 6.66. The highest BCUT2D eigenvalue weighted by molar-refractivity contribution is 7.13. The van der Waals surface area contributed by atoms with Gasteiger partial charge in [-0.1, -0.05) is 60.5 Å². The van der Waals surface area contributed by atoms with Crippen molar-refractivity contribution in [3.63, 3.8) is 0 Å². The molecule has 1 aromatic heterocycles. The molecular weight excluding hydrogens is 509 g/mol. The summed E-state index contributed by atoms with van der Waals surface area (Å²) >= 11 is 1.74. The Morgan fingerprint density at radius 2 is 1.43 bits per heavy atom. The zero-order valence-electron chi connectivity index (χ0n) is 25.0. The number of rotatable bonds is 11. The normalized spacial score (nSPS) is 14.2. The summed E-state index contributed by atoms with van der Waals surface area (Å²) in [5.74, 6) is 3.50. The van der Waals surface area contributed by atoms with Crippen molar-refractivity contribution < 1.29 is 13.6 Å². The van der Waals surface area contributed by atoms with Crippen molar-refractivity contribution in [2.75, 3.05) is 0 Å². The molecule has 2 rings (SSSR count). The lowest BCUT2D eigenvalue weighted by Gasteiger charge is -2.37. The van der Waals surface area contributed by atoms with Crippen LogP contribution in [0, 0.1) is 12.3 Å². The summed E-state index contributed by atoms with van der Waals surface area (Å²) in [6.07, 6.45) is 8.27. The predicted octanol–water partition coefficient (Wildman–Crippen LogP) is 7.86. The number of ether oxygens (including phenoxy) is 1. The van der Waals surface area contributed by atoms with Crippen molar-refractivity contribution in [1.82, 2.24) is 0 Å². The molecule has 0 saturated carbocycles. The summed E-state index contributed by atoms with van der Waals surface area (Å²) in [6.45, 7) is 24.9. The first-order valence-corrected chi connectivity index (χ1v) is 16.7. The van der Waals surface area contributed by atoms with Crippen LogP contribution >= 0.6 is 11.3 Å². The van der Waals surface area contributed by atoms with Crippen molar-refractivity contribution in [3.8, 4) is 18.1 Å². The average Bonchev–Trinajstić information content (AvgIpc) is 3.26. The van der Waals surface area contributed by atoms with Gasteiger partial charge in [-0.25, -0.2) is 0 Å². The summed E-state index contributed by atoms with van der Waals surface area (Å²) in [5.41, 5.74) is 2.67. The zero-order valence-corrected chi connectivity index (χ0v) is 28.6. The van der Waals surface area contributed by atoms with Crippen molar-refractivity contribution in [2.45, 2.75) is 110 Å². The third-order valence-electron chi connectivity index (χ3n) is 6.02. The van der Waals surface area contributed by atoms with Gasteiger partial charge in [-0.2, -0.15) is 0 Å². The number of hydrogen-bond donors (Lipinski definition) is 0. The molecule has 204 valence electrons. The zero-order chi connectivity index (χ0) is 28.1. The van der Waals surface area contributed by atoms with E-state index in [2.05, 4.69) is 112 Å². The Balaban J connectivity index is 2.37. The van der Waals surface area contributed by atoms with E-state index in [1.165, 1.54) is 20.9 Å². The van der Waals surface area contributed by atoms with Crippen molar-refractivity contribution in [3.05, 3.63) is 57.3 Å². The number of hydrogen-bond acceptors (Lipinski definition) is 4. The maximum Gasteiger partial charge on any atom is 0.168 e. The minimum Gasteiger partial charge on any atom is -0.488 e. The fourth-order valence-corrected chi connectivity index (χ4v) is 6.72. The molecule has 0 amide bonds. The largest absolute Gasteiger partial charge is 0.488 e. The van der Waals surface area contributed by atoms with E-state index < -0.39 is 30.7 Å². The van der Waals surface area contributed by atoms with Gasteiger partial charge < -0.3 is 13.6 Å². The highest BCUT2D eigenvalue weighted by Crippen LogP contribution is 2.40. The quantitative estimate of drug-likeness (QED) is 0.208. The van der Waals surface area contributed by atoms with E-state index in [9.17, 15) is 0 Å². The van der Waals surface area contributed by atoms with Crippen LogP contribution in [0.1, 0.15) is 103 Å². The van der Waals surface area contributed by atoms with E-state index in [1.54, 1.807) is 11.3 Å². The van der Waals surface area contributed by atoms with E-state index in [0.29, 0.717) is 6.61 Å². The van der Waals surface area contributed by atoms with Crippen LogP contribution in [0.15, 0.2) is 36.4 Å². The van der Waals surface area contributed by atoms with Gasteiger partial charge in [0.15, 0.2) is 19.5 Å². The highest BCUT2D eigenvalue weighted by Gasteiger charge is 2.34. The van der Waals surface area contributed by atoms with E-state index in [1.807, 2.05) is 6.08 Å². The molecule has 1 heterocycles. The Hall–Kier alpha value is -1.63.